The zero-order valence-electron chi connectivity index (χ0n) is 10.9. The van der Waals surface area contributed by atoms with E-state index in [2.05, 4.69) is 0 Å². The first-order chi connectivity index (χ1) is 8.49. The van der Waals surface area contributed by atoms with Crippen LogP contribution in [0.1, 0.15) is 30.3 Å². The Labute approximate surface area is 113 Å². The summed E-state index contributed by atoms with van der Waals surface area (Å²) in [5.74, 6) is 0.596. The highest BCUT2D eigenvalue weighted by atomic mass is 35.5. The second-order valence-electron chi connectivity index (χ2n) is 5.14. The van der Waals surface area contributed by atoms with Gasteiger partial charge < -0.3 is 15.2 Å². The van der Waals surface area contributed by atoms with Crippen LogP contribution in [0.2, 0.25) is 5.02 Å². The van der Waals surface area contributed by atoms with Crippen molar-refractivity contribution in [3.63, 3.8) is 0 Å². The number of piperidine rings is 1. The summed E-state index contributed by atoms with van der Waals surface area (Å²) in [6.07, 6.45) is 3.73. The Bertz CT molecular complexity index is 433. The fourth-order valence-corrected chi connectivity index (χ4v) is 2.78. The van der Waals surface area contributed by atoms with Crippen LogP contribution >= 0.6 is 11.6 Å². The average molecular weight is 270 g/mol. The molecule has 1 aromatic heterocycles. The molecule has 0 bridgehead atoms. The molecular formula is C13H20ClN3O. The lowest BCUT2D eigenvalue weighted by Crippen LogP contribution is -2.43. The smallest absolute Gasteiger partial charge is 0.270 e. The maximum absolute atomic E-state index is 12.3. The van der Waals surface area contributed by atoms with E-state index < -0.39 is 0 Å². The summed E-state index contributed by atoms with van der Waals surface area (Å²) in [6.45, 7) is 3.61. The Balaban J connectivity index is 2.02. The van der Waals surface area contributed by atoms with Crippen LogP contribution in [0.15, 0.2) is 12.3 Å². The standard InChI is InChI=1S/C13H20ClN3O/c1-9(15)10-3-5-17(6-4-10)13(18)12-7-11(14)8-16(12)2/h7-10H,3-6,15H2,1-2H3. The van der Waals surface area contributed by atoms with Crippen LogP contribution < -0.4 is 5.73 Å². The summed E-state index contributed by atoms with van der Waals surface area (Å²) >= 11 is 5.91. The Morgan fingerprint density at radius 1 is 1.50 bits per heavy atom. The van der Waals surface area contributed by atoms with E-state index in [9.17, 15) is 4.79 Å². The Kier molecular flexibility index (Phi) is 3.97. The predicted octanol–water partition coefficient (Wildman–Crippen LogP) is 1.88. The minimum absolute atomic E-state index is 0.0625. The average Bonchev–Trinajstić information content (AvgIpc) is 2.67. The molecule has 1 aliphatic rings. The third kappa shape index (κ3) is 2.70. The first-order valence-electron chi connectivity index (χ1n) is 6.35. The first-order valence-corrected chi connectivity index (χ1v) is 6.73. The number of aromatic nitrogens is 1. The number of hydrogen-bond donors (Lipinski definition) is 1. The summed E-state index contributed by atoms with van der Waals surface area (Å²) in [4.78, 5) is 14.2. The molecule has 100 valence electrons. The second kappa shape index (κ2) is 5.33. The maximum atomic E-state index is 12.3. The van der Waals surface area contributed by atoms with Gasteiger partial charge in [-0.1, -0.05) is 11.6 Å². The molecule has 0 aliphatic carbocycles. The van der Waals surface area contributed by atoms with Gasteiger partial charge in [0.15, 0.2) is 0 Å². The number of amides is 1. The van der Waals surface area contributed by atoms with Crippen LogP contribution in [0.3, 0.4) is 0 Å². The maximum Gasteiger partial charge on any atom is 0.270 e. The van der Waals surface area contributed by atoms with Gasteiger partial charge in [0, 0.05) is 32.4 Å². The van der Waals surface area contributed by atoms with Gasteiger partial charge in [-0.3, -0.25) is 4.79 Å². The molecule has 0 spiro atoms. The highest BCUT2D eigenvalue weighted by molar-refractivity contribution is 6.31. The molecule has 1 fully saturated rings. The predicted molar refractivity (Wildman–Crippen MR) is 72.7 cm³/mol. The van der Waals surface area contributed by atoms with Crippen LogP contribution in [-0.4, -0.2) is 34.5 Å². The van der Waals surface area contributed by atoms with Crippen molar-refractivity contribution in [2.75, 3.05) is 13.1 Å². The molecule has 0 aromatic carbocycles. The molecule has 5 heteroatoms. The van der Waals surface area contributed by atoms with Crippen LogP contribution in [0.4, 0.5) is 0 Å². The lowest BCUT2D eigenvalue weighted by molar-refractivity contribution is 0.0671. The highest BCUT2D eigenvalue weighted by Crippen LogP contribution is 2.22. The molecule has 1 atom stereocenters. The molecule has 0 radical (unpaired) electrons. The van der Waals surface area contributed by atoms with Gasteiger partial charge in [0.1, 0.15) is 5.69 Å². The number of likely N-dealkylation sites (tertiary alicyclic amines) is 1. The number of carbonyl (C=O) groups excluding carboxylic acids is 1. The van der Waals surface area contributed by atoms with Gasteiger partial charge >= 0.3 is 0 Å². The quantitative estimate of drug-likeness (QED) is 0.891. The van der Waals surface area contributed by atoms with Crippen molar-refractivity contribution in [3.8, 4) is 0 Å². The molecule has 1 unspecified atom stereocenters. The summed E-state index contributed by atoms with van der Waals surface area (Å²) < 4.78 is 1.78. The zero-order valence-corrected chi connectivity index (χ0v) is 11.7. The zero-order chi connectivity index (χ0) is 13.3. The SMILES string of the molecule is CC(N)C1CCN(C(=O)c2cc(Cl)cn2C)CC1. The summed E-state index contributed by atoms with van der Waals surface area (Å²) in [5.41, 5.74) is 6.55. The number of carbonyl (C=O) groups is 1. The van der Waals surface area contributed by atoms with Crippen LogP contribution in [0, 0.1) is 5.92 Å². The van der Waals surface area contributed by atoms with E-state index in [0.29, 0.717) is 16.6 Å². The van der Waals surface area contributed by atoms with E-state index in [0.717, 1.165) is 25.9 Å². The molecule has 1 aromatic rings. The van der Waals surface area contributed by atoms with Gasteiger partial charge in [-0.25, -0.2) is 0 Å². The number of nitrogens with two attached hydrogens (primary N) is 1. The van der Waals surface area contributed by atoms with Crippen molar-refractivity contribution in [3.05, 3.63) is 23.0 Å². The fourth-order valence-electron chi connectivity index (χ4n) is 2.53. The molecule has 0 saturated carbocycles. The van der Waals surface area contributed by atoms with Gasteiger partial charge in [0.2, 0.25) is 0 Å². The van der Waals surface area contributed by atoms with E-state index in [-0.39, 0.29) is 11.9 Å². The van der Waals surface area contributed by atoms with Gasteiger partial charge in [-0.05, 0) is 31.7 Å². The minimum atomic E-state index is 0.0625. The van der Waals surface area contributed by atoms with Crippen molar-refractivity contribution in [2.24, 2.45) is 18.7 Å². The van der Waals surface area contributed by atoms with E-state index in [1.54, 1.807) is 16.8 Å². The normalized spacial score (nSPS) is 19.0. The monoisotopic (exact) mass is 269 g/mol. The van der Waals surface area contributed by atoms with Crippen LogP contribution in [0.5, 0.6) is 0 Å². The molecular weight excluding hydrogens is 250 g/mol. The Hall–Kier alpha value is -1.00. The molecule has 2 rings (SSSR count). The lowest BCUT2D eigenvalue weighted by atomic mass is 9.91. The molecule has 1 aliphatic heterocycles. The number of nitrogens with zero attached hydrogens (tertiary/aromatic N) is 2. The molecule has 4 nitrogen and oxygen atoms in total. The van der Waals surface area contributed by atoms with Crippen molar-refractivity contribution in [2.45, 2.75) is 25.8 Å². The van der Waals surface area contributed by atoms with Crippen molar-refractivity contribution < 1.29 is 4.79 Å². The molecule has 18 heavy (non-hydrogen) atoms. The first kappa shape index (κ1) is 13.4. The largest absolute Gasteiger partial charge is 0.345 e. The number of rotatable bonds is 2. The van der Waals surface area contributed by atoms with Crippen molar-refractivity contribution >= 4 is 17.5 Å². The van der Waals surface area contributed by atoms with E-state index >= 15 is 0 Å². The highest BCUT2D eigenvalue weighted by Gasteiger charge is 2.26. The Morgan fingerprint density at radius 3 is 2.56 bits per heavy atom. The Morgan fingerprint density at radius 2 is 2.11 bits per heavy atom. The van der Waals surface area contributed by atoms with Gasteiger partial charge in [0.05, 0.1) is 5.02 Å². The van der Waals surface area contributed by atoms with E-state index in [1.807, 2.05) is 18.9 Å². The molecule has 2 heterocycles. The van der Waals surface area contributed by atoms with Crippen LogP contribution in [-0.2, 0) is 7.05 Å². The van der Waals surface area contributed by atoms with Gasteiger partial charge in [-0.2, -0.15) is 0 Å². The van der Waals surface area contributed by atoms with E-state index in [4.69, 9.17) is 17.3 Å². The third-order valence-corrected chi connectivity index (χ3v) is 3.97. The second-order valence-corrected chi connectivity index (χ2v) is 5.58. The summed E-state index contributed by atoms with van der Waals surface area (Å²) in [5, 5.41) is 0.603. The number of aryl methyl sites for hydroxylation is 1. The van der Waals surface area contributed by atoms with Gasteiger partial charge in [0.25, 0.3) is 5.91 Å². The topological polar surface area (TPSA) is 51.3 Å². The van der Waals surface area contributed by atoms with Crippen molar-refractivity contribution in [1.82, 2.24) is 9.47 Å². The third-order valence-electron chi connectivity index (χ3n) is 3.76. The molecule has 2 N–H and O–H groups in total. The number of hydrogen-bond acceptors (Lipinski definition) is 2. The number of halogens is 1. The van der Waals surface area contributed by atoms with E-state index in [1.165, 1.54) is 0 Å². The summed E-state index contributed by atoms with van der Waals surface area (Å²) in [6, 6.07) is 1.94. The van der Waals surface area contributed by atoms with Crippen molar-refractivity contribution in [1.29, 1.82) is 0 Å². The molecule has 1 saturated heterocycles. The minimum Gasteiger partial charge on any atom is -0.345 e. The summed E-state index contributed by atoms with van der Waals surface area (Å²) in [7, 11) is 1.84. The lowest BCUT2D eigenvalue weighted by Gasteiger charge is -2.33. The molecule has 1 amide bonds. The fraction of sp³-hybridized carbons (Fsp3) is 0.615. The van der Waals surface area contributed by atoms with Crippen LogP contribution in [0.25, 0.3) is 0 Å². The van der Waals surface area contributed by atoms with Gasteiger partial charge in [-0.15, -0.1) is 0 Å².